The number of aromatic nitrogens is 1. The Hall–Kier alpha value is -1.84. The van der Waals surface area contributed by atoms with E-state index in [1.807, 2.05) is 12.3 Å². The largest absolute Gasteiger partial charge is 0.298 e. The van der Waals surface area contributed by atoms with Gasteiger partial charge >= 0.3 is 0 Å². The smallest absolute Gasteiger partial charge is 0.0746 e. The second-order valence-electron chi connectivity index (χ2n) is 5.51. The van der Waals surface area contributed by atoms with Crippen molar-refractivity contribution in [3.05, 3.63) is 71.9 Å². The van der Waals surface area contributed by atoms with Crippen molar-refractivity contribution in [1.29, 1.82) is 0 Å². The third kappa shape index (κ3) is 3.49. The first kappa shape index (κ1) is 15.1. The monoisotopic (exact) mass is 308 g/mol. The summed E-state index contributed by atoms with van der Waals surface area (Å²) < 4.78 is 0. The third-order valence-electron chi connectivity index (χ3n) is 3.77. The minimum atomic E-state index is 0.901. The number of fused-ring (bicyclic) bond motifs is 1. The van der Waals surface area contributed by atoms with Gasteiger partial charge in [-0.15, -0.1) is 11.8 Å². The Bertz CT molecular complexity index is 747. The number of thioether (sulfide) groups is 1. The lowest BCUT2D eigenvalue weighted by Crippen LogP contribution is -2.17. The fraction of sp³-hybridized carbons (Fsp3) is 0.211. The van der Waals surface area contributed by atoms with Crippen molar-refractivity contribution in [2.45, 2.75) is 18.0 Å². The highest BCUT2D eigenvalue weighted by atomic mass is 32.2. The molecule has 2 aromatic carbocycles. The molecule has 112 valence electrons. The van der Waals surface area contributed by atoms with Gasteiger partial charge in [-0.1, -0.05) is 36.4 Å². The van der Waals surface area contributed by atoms with Crippen LogP contribution in [0.5, 0.6) is 0 Å². The maximum atomic E-state index is 4.53. The Morgan fingerprint density at radius 2 is 1.73 bits per heavy atom. The van der Waals surface area contributed by atoms with Crippen LogP contribution in [0.25, 0.3) is 10.9 Å². The van der Waals surface area contributed by atoms with Crippen LogP contribution in [0.15, 0.2) is 65.7 Å². The lowest BCUT2D eigenvalue weighted by Gasteiger charge is -2.18. The molecule has 3 aromatic rings. The molecule has 0 saturated carbocycles. The number of nitrogens with zero attached hydrogens (tertiary/aromatic N) is 2. The van der Waals surface area contributed by atoms with Crippen LogP contribution in [0, 0.1) is 0 Å². The van der Waals surface area contributed by atoms with Crippen LogP contribution in [0.4, 0.5) is 0 Å². The summed E-state index contributed by atoms with van der Waals surface area (Å²) in [7, 11) is 2.16. The third-order valence-corrected chi connectivity index (χ3v) is 4.51. The Balaban J connectivity index is 1.73. The van der Waals surface area contributed by atoms with Gasteiger partial charge < -0.3 is 0 Å². The quantitative estimate of drug-likeness (QED) is 0.641. The number of para-hydroxylation sites is 1. The number of hydrogen-bond donors (Lipinski definition) is 0. The summed E-state index contributed by atoms with van der Waals surface area (Å²) in [6, 6.07) is 19.3. The summed E-state index contributed by atoms with van der Waals surface area (Å²) in [5.41, 5.74) is 3.73. The first-order chi connectivity index (χ1) is 10.8. The van der Waals surface area contributed by atoms with Gasteiger partial charge in [-0.25, -0.2) is 0 Å². The fourth-order valence-electron chi connectivity index (χ4n) is 2.68. The van der Waals surface area contributed by atoms with Gasteiger partial charge in [0, 0.05) is 29.6 Å². The van der Waals surface area contributed by atoms with E-state index in [9.17, 15) is 0 Å². The van der Waals surface area contributed by atoms with Crippen molar-refractivity contribution < 1.29 is 0 Å². The van der Waals surface area contributed by atoms with Gasteiger partial charge in [0.2, 0.25) is 0 Å². The van der Waals surface area contributed by atoms with Crippen molar-refractivity contribution in [1.82, 2.24) is 9.88 Å². The van der Waals surface area contributed by atoms with Crippen LogP contribution in [-0.4, -0.2) is 23.2 Å². The molecule has 2 nitrogen and oxygen atoms in total. The van der Waals surface area contributed by atoms with Crippen molar-refractivity contribution in [2.24, 2.45) is 0 Å². The average molecular weight is 308 g/mol. The van der Waals surface area contributed by atoms with Gasteiger partial charge in [-0.05, 0) is 42.6 Å². The van der Waals surface area contributed by atoms with Crippen molar-refractivity contribution in [2.75, 3.05) is 13.3 Å². The standard InChI is InChI=1S/C19H20N2S/c1-21(13-15-8-10-18(22-2)11-9-15)14-17-6-3-5-16-7-4-12-20-19(16)17/h3-12H,13-14H2,1-2H3. The molecule has 0 unspecified atom stereocenters. The normalized spacial score (nSPS) is 11.2. The highest BCUT2D eigenvalue weighted by Gasteiger charge is 2.06. The van der Waals surface area contributed by atoms with Crippen molar-refractivity contribution >= 4 is 22.7 Å². The Labute approximate surface area is 136 Å². The molecule has 1 heterocycles. The molecular formula is C19H20N2S. The zero-order valence-corrected chi connectivity index (χ0v) is 13.8. The van der Waals surface area contributed by atoms with Crippen LogP contribution in [0.3, 0.4) is 0 Å². The second kappa shape index (κ2) is 6.95. The van der Waals surface area contributed by atoms with E-state index in [2.05, 4.69) is 71.7 Å². The average Bonchev–Trinajstić information content (AvgIpc) is 2.56. The molecule has 1 aromatic heterocycles. The first-order valence-corrected chi connectivity index (χ1v) is 8.63. The molecule has 0 saturated heterocycles. The van der Waals surface area contributed by atoms with Gasteiger partial charge in [0.1, 0.15) is 0 Å². The van der Waals surface area contributed by atoms with E-state index in [0.29, 0.717) is 0 Å². The minimum absolute atomic E-state index is 0.901. The van der Waals surface area contributed by atoms with Gasteiger partial charge in [0.15, 0.2) is 0 Å². The Morgan fingerprint density at radius 1 is 0.955 bits per heavy atom. The van der Waals surface area contributed by atoms with Crippen LogP contribution in [-0.2, 0) is 13.1 Å². The molecule has 0 bridgehead atoms. The molecule has 0 amide bonds. The summed E-state index contributed by atoms with van der Waals surface area (Å²) in [5.74, 6) is 0. The predicted molar refractivity (Wildman–Crippen MR) is 95.1 cm³/mol. The van der Waals surface area contributed by atoms with Gasteiger partial charge in [-0.2, -0.15) is 0 Å². The molecule has 3 heteroatoms. The summed E-state index contributed by atoms with van der Waals surface area (Å²) in [6.07, 6.45) is 3.97. The minimum Gasteiger partial charge on any atom is -0.298 e. The topological polar surface area (TPSA) is 16.1 Å². The molecule has 0 atom stereocenters. The zero-order valence-electron chi connectivity index (χ0n) is 13.0. The summed E-state index contributed by atoms with van der Waals surface area (Å²) in [5, 5.41) is 1.21. The second-order valence-corrected chi connectivity index (χ2v) is 6.39. The molecule has 0 radical (unpaired) electrons. The molecule has 0 aliphatic rings. The summed E-state index contributed by atoms with van der Waals surface area (Å²) in [6.45, 7) is 1.84. The molecule has 0 spiro atoms. The van der Waals surface area contributed by atoms with Crippen LogP contribution < -0.4 is 0 Å². The van der Waals surface area contributed by atoms with Crippen LogP contribution in [0.2, 0.25) is 0 Å². The molecule has 0 aliphatic heterocycles. The number of pyridine rings is 1. The van der Waals surface area contributed by atoms with E-state index in [1.54, 1.807) is 11.8 Å². The molecule has 0 fully saturated rings. The van der Waals surface area contributed by atoms with E-state index < -0.39 is 0 Å². The molecule has 22 heavy (non-hydrogen) atoms. The van der Waals surface area contributed by atoms with Crippen molar-refractivity contribution in [3.8, 4) is 0 Å². The maximum Gasteiger partial charge on any atom is 0.0746 e. The fourth-order valence-corrected chi connectivity index (χ4v) is 3.09. The molecule has 0 aliphatic carbocycles. The van der Waals surface area contributed by atoms with E-state index in [4.69, 9.17) is 0 Å². The maximum absolute atomic E-state index is 4.53. The Morgan fingerprint density at radius 3 is 2.50 bits per heavy atom. The van der Waals surface area contributed by atoms with Crippen molar-refractivity contribution in [3.63, 3.8) is 0 Å². The van der Waals surface area contributed by atoms with E-state index in [0.717, 1.165) is 18.6 Å². The van der Waals surface area contributed by atoms with Gasteiger partial charge in [0.25, 0.3) is 0 Å². The highest BCUT2D eigenvalue weighted by Crippen LogP contribution is 2.19. The van der Waals surface area contributed by atoms with Crippen LogP contribution in [0.1, 0.15) is 11.1 Å². The lowest BCUT2D eigenvalue weighted by molar-refractivity contribution is 0.320. The van der Waals surface area contributed by atoms with E-state index in [1.165, 1.54) is 21.4 Å². The van der Waals surface area contributed by atoms with Gasteiger partial charge in [-0.3, -0.25) is 9.88 Å². The lowest BCUT2D eigenvalue weighted by atomic mass is 10.1. The molecular weight excluding hydrogens is 288 g/mol. The highest BCUT2D eigenvalue weighted by molar-refractivity contribution is 7.98. The first-order valence-electron chi connectivity index (χ1n) is 7.40. The zero-order chi connectivity index (χ0) is 15.4. The molecule has 0 N–H and O–H groups in total. The summed E-state index contributed by atoms with van der Waals surface area (Å²) >= 11 is 1.78. The van der Waals surface area contributed by atoms with E-state index >= 15 is 0 Å². The predicted octanol–water partition coefficient (Wildman–Crippen LogP) is 4.59. The Kier molecular flexibility index (Phi) is 4.76. The van der Waals surface area contributed by atoms with Gasteiger partial charge in [0.05, 0.1) is 5.52 Å². The van der Waals surface area contributed by atoms with Crippen LogP contribution >= 0.6 is 11.8 Å². The SMILES string of the molecule is CSc1ccc(CN(C)Cc2cccc3cccnc23)cc1. The number of benzene rings is 2. The number of hydrogen-bond acceptors (Lipinski definition) is 3. The number of rotatable bonds is 5. The molecule has 3 rings (SSSR count). The van der Waals surface area contributed by atoms with E-state index in [-0.39, 0.29) is 0 Å². The summed E-state index contributed by atoms with van der Waals surface area (Å²) in [4.78, 5) is 8.18.